The molecule has 0 aliphatic heterocycles. The first-order valence-electron chi connectivity index (χ1n) is 13.9. The SMILES string of the molecule is O=C(Cl)c1cccc(F)c1N(C(=O)c1ccccc1Cl)c1n[nH]c2ccc(-c3nnn(Cc4ccccc4)c3C3CC3)cc12. The van der Waals surface area contributed by atoms with Crippen molar-refractivity contribution < 1.29 is 14.0 Å². The molecule has 0 saturated heterocycles. The first-order valence-corrected chi connectivity index (χ1v) is 14.7. The van der Waals surface area contributed by atoms with Crippen molar-refractivity contribution in [1.29, 1.82) is 0 Å². The number of carbonyl (C=O) groups is 2. The predicted molar refractivity (Wildman–Crippen MR) is 167 cm³/mol. The molecule has 218 valence electrons. The molecule has 0 atom stereocenters. The topological polar surface area (TPSA) is 96.8 Å². The summed E-state index contributed by atoms with van der Waals surface area (Å²) >= 11 is 12.3. The highest BCUT2D eigenvalue weighted by Gasteiger charge is 2.34. The maximum Gasteiger partial charge on any atom is 0.265 e. The van der Waals surface area contributed by atoms with Crippen molar-refractivity contribution in [3.8, 4) is 11.3 Å². The van der Waals surface area contributed by atoms with Gasteiger partial charge >= 0.3 is 0 Å². The Balaban J connectivity index is 1.39. The van der Waals surface area contributed by atoms with Crippen molar-refractivity contribution in [3.63, 3.8) is 0 Å². The Bertz CT molecular complexity index is 2050. The van der Waals surface area contributed by atoms with Crippen LogP contribution in [0.5, 0.6) is 0 Å². The van der Waals surface area contributed by atoms with Gasteiger partial charge in [-0.15, -0.1) is 5.10 Å². The van der Waals surface area contributed by atoms with Gasteiger partial charge in [0.05, 0.1) is 39.6 Å². The van der Waals surface area contributed by atoms with Gasteiger partial charge in [-0.05, 0) is 66.4 Å². The summed E-state index contributed by atoms with van der Waals surface area (Å²) in [5, 5.41) is 16.2. The third kappa shape index (κ3) is 5.04. The molecule has 0 unspecified atom stereocenters. The number of hydrogen-bond donors (Lipinski definition) is 1. The number of anilines is 2. The average Bonchev–Trinajstić information content (AvgIpc) is 3.66. The van der Waals surface area contributed by atoms with E-state index in [0.29, 0.717) is 23.4 Å². The zero-order valence-electron chi connectivity index (χ0n) is 23.0. The molecule has 44 heavy (non-hydrogen) atoms. The Morgan fingerprint density at radius 2 is 1.70 bits per heavy atom. The number of carbonyl (C=O) groups excluding carboxylic acids is 2. The number of fused-ring (bicyclic) bond motifs is 1. The molecule has 1 aliphatic carbocycles. The minimum atomic E-state index is -0.930. The standard InChI is InChI=1S/C33H23Cl2FN6O2/c34-25-11-5-4-9-22(25)33(44)42(30-23(31(35)43)10-6-12-26(30)36)32-24-17-21(15-16-27(24)37-39-32)28-29(20-13-14-20)41(40-38-28)18-19-7-2-1-3-8-19/h1-12,15-17,20H,13-14,18H2,(H,37,39). The smallest absolute Gasteiger partial charge is 0.265 e. The third-order valence-electron chi connectivity index (χ3n) is 7.67. The number of rotatable bonds is 8. The molecule has 1 saturated carbocycles. The first kappa shape index (κ1) is 27.9. The van der Waals surface area contributed by atoms with E-state index in [9.17, 15) is 9.59 Å². The molecule has 1 aliphatic rings. The Morgan fingerprint density at radius 1 is 0.955 bits per heavy atom. The van der Waals surface area contributed by atoms with E-state index in [0.717, 1.165) is 46.3 Å². The number of H-pyrrole nitrogens is 1. The van der Waals surface area contributed by atoms with Crippen LogP contribution in [0.2, 0.25) is 5.02 Å². The van der Waals surface area contributed by atoms with Crippen LogP contribution in [0, 0.1) is 5.82 Å². The number of para-hydroxylation sites is 1. The summed E-state index contributed by atoms with van der Waals surface area (Å²) < 4.78 is 17.5. The quantitative estimate of drug-likeness (QED) is 0.174. The Kier molecular flexibility index (Phi) is 7.20. The van der Waals surface area contributed by atoms with Gasteiger partial charge in [-0.2, -0.15) is 5.10 Å². The summed E-state index contributed by atoms with van der Waals surface area (Å²) in [4.78, 5) is 27.7. The van der Waals surface area contributed by atoms with Crippen LogP contribution in [-0.4, -0.2) is 36.3 Å². The molecular formula is C33H23Cl2FN6O2. The number of aromatic nitrogens is 5. The second-order valence-electron chi connectivity index (χ2n) is 10.6. The molecule has 0 bridgehead atoms. The van der Waals surface area contributed by atoms with Crippen molar-refractivity contribution in [2.75, 3.05) is 4.90 Å². The number of nitrogens with one attached hydrogen (secondary N) is 1. The fourth-order valence-electron chi connectivity index (χ4n) is 5.44. The Labute approximate surface area is 261 Å². The van der Waals surface area contributed by atoms with E-state index < -0.39 is 17.0 Å². The van der Waals surface area contributed by atoms with E-state index in [1.165, 1.54) is 18.2 Å². The van der Waals surface area contributed by atoms with Gasteiger partial charge in [0.2, 0.25) is 0 Å². The van der Waals surface area contributed by atoms with Gasteiger partial charge in [0.1, 0.15) is 11.5 Å². The van der Waals surface area contributed by atoms with E-state index in [1.807, 2.05) is 41.1 Å². The van der Waals surface area contributed by atoms with Crippen molar-refractivity contribution in [2.45, 2.75) is 25.3 Å². The molecule has 2 aromatic heterocycles. The highest BCUT2D eigenvalue weighted by atomic mass is 35.5. The van der Waals surface area contributed by atoms with Gasteiger partial charge in [0.25, 0.3) is 11.1 Å². The van der Waals surface area contributed by atoms with Crippen molar-refractivity contribution in [2.24, 2.45) is 0 Å². The maximum absolute atomic E-state index is 15.6. The highest BCUT2D eigenvalue weighted by Crippen LogP contribution is 2.45. The number of aromatic amines is 1. The summed E-state index contributed by atoms with van der Waals surface area (Å²) in [6.45, 7) is 0.585. The Morgan fingerprint density at radius 3 is 2.45 bits per heavy atom. The van der Waals surface area contributed by atoms with Crippen LogP contribution in [0.3, 0.4) is 0 Å². The lowest BCUT2D eigenvalue weighted by molar-refractivity contribution is 0.0998. The lowest BCUT2D eigenvalue weighted by Gasteiger charge is -2.24. The van der Waals surface area contributed by atoms with Gasteiger partial charge in [-0.3, -0.25) is 19.6 Å². The molecule has 6 aromatic rings. The van der Waals surface area contributed by atoms with Gasteiger partial charge in [0, 0.05) is 16.9 Å². The lowest BCUT2D eigenvalue weighted by atomic mass is 10.0. The second kappa shape index (κ2) is 11.3. The van der Waals surface area contributed by atoms with Gasteiger partial charge in [-0.25, -0.2) is 9.07 Å². The summed E-state index contributed by atoms with van der Waals surface area (Å²) in [6, 6.07) is 25.9. The van der Waals surface area contributed by atoms with E-state index in [4.69, 9.17) is 23.2 Å². The number of benzene rings is 4. The van der Waals surface area contributed by atoms with Crippen molar-refractivity contribution in [3.05, 3.63) is 124 Å². The summed E-state index contributed by atoms with van der Waals surface area (Å²) in [6.07, 6.45) is 2.08. The van der Waals surface area contributed by atoms with Gasteiger partial charge in [-0.1, -0.05) is 71.4 Å². The van der Waals surface area contributed by atoms with E-state index in [2.05, 4.69) is 32.6 Å². The van der Waals surface area contributed by atoms with Gasteiger partial charge in [0.15, 0.2) is 5.82 Å². The van der Waals surface area contributed by atoms with E-state index in [1.54, 1.807) is 18.2 Å². The van der Waals surface area contributed by atoms with E-state index in [-0.39, 0.29) is 27.7 Å². The number of nitrogens with zero attached hydrogens (tertiary/aromatic N) is 5. The highest BCUT2D eigenvalue weighted by molar-refractivity contribution is 6.68. The van der Waals surface area contributed by atoms with Crippen LogP contribution >= 0.6 is 23.2 Å². The lowest BCUT2D eigenvalue weighted by Crippen LogP contribution is -2.29. The number of amides is 1. The molecule has 1 N–H and O–H groups in total. The minimum absolute atomic E-state index is 0.0701. The summed E-state index contributed by atoms with van der Waals surface area (Å²) in [5.41, 5.74) is 3.78. The van der Waals surface area contributed by atoms with E-state index >= 15 is 4.39 Å². The molecule has 7 rings (SSSR count). The maximum atomic E-state index is 15.6. The Hall–Kier alpha value is -4.86. The van der Waals surface area contributed by atoms with Crippen LogP contribution in [0.1, 0.15) is 50.7 Å². The van der Waals surface area contributed by atoms with Crippen molar-refractivity contribution >= 4 is 56.8 Å². The molecule has 1 fully saturated rings. The fourth-order valence-corrected chi connectivity index (χ4v) is 5.81. The number of hydrogen-bond acceptors (Lipinski definition) is 5. The molecule has 1 amide bonds. The monoisotopic (exact) mass is 624 g/mol. The summed E-state index contributed by atoms with van der Waals surface area (Å²) in [5.74, 6) is -1.12. The predicted octanol–water partition coefficient (Wildman–Crippen LogP) is 7.90. The molecular weight excluding hydrogens is 602 g/mol. The molecule has 4 aromatic carbocycles. The molecule has 2 heterocycles. The fraction of sp³-hybridized carbons (Fsp3) is 0.121. The zero-order valence-corrected chi connectivity index (χ0v) is 24.6. The molecule has 8 nitrogen and oxygen atoms in total. The van der Waals surface area contributed by atoms with Crippen LogP contribution in [0.4, 0.5) is 15.9 Å². The molecule has 0 spiro atoms. The second-order valence-corrected chi connectivity index (χ2v) is 11.3. The average molecular weight is 625 g/mol. The molecule has 11 heteroatoms. The van der Waals surface area contributed by atoms with Crippen molar-refractivity contribution in [1.82, 2.24) is 25.2 Å². The van der Waals surface area contributed by atoms with Crippen LogP contribution in [0.15, 0.2) is 91.0 Å². The van der Waals surface area contributed by atoms with Crippen LogP contribution in [0.25, 0.3) is 22.2 Å². The van der Waals surface area contributed by atoms with Gasteiger partial charge < -0.3 is 0 Å². The normalized spacial score (nSPS) is 12.9. The number of halogens is 3. The zero-order chi connectivity index (χ0) is 30.4. The minimum Gasteiger partial charge on any atom is -0.276 e. The van der Waals surface area contributed by atoms with Crippen LogP contribution < -0.4 is 4.90 Å². The van der Waals surface area contributed by atoms with Crippen LogP contribution in [-0.2, 0) is 6.54 Å². The largest absolute Gasteiger partial charge is 0.276 e. The third-order valence-corrected chi connectivity index (χ3v) is 8.20. The summed E-state index contributed by atoms with van der Waals surface area (Å²) in [7, 11) is 0. The first-order chi connectivity index (χ1) is 21.4. The molecule has 0 radical (unpaired) electrons.